The van der Waals surface area contributed by atoms with Crippen LogP contribution in [0.5, 0.6) is 0 Å². The highest BCUT2D eigenvalue weighted by molar-refractivity contribution is 5.92. The fourth-order valence-electron chi connectivity index (χ4n) is 5.77. The lowest BCUT2D eigenvalue weighted by Gasteiger charge is -2.42. The van der Waals surface area contributed by atoms with Crippen molar-refractivity contribution < 1.29 is 23.1 Å². The second-order valence-corrected chi connectivity index (χ2v) is 10.1. The summed E-state index contributed by atoms with van der Waals surface area (Å²) in [5.74, 6) is -1.74. The largest absolute Gasteiger partial charge is 0.446 e. The van der Waals surface area contributed by atoms with Crippen molar-refractivity contribution in [1.82, 2.24) is 15.1 Å². The van der Waals surface area contributed by atoms with Gasteiger partial charge in [0.25, 0.3) is 0 Å². The van der Waals surface area contributed by atoms with Crippen LogP contribution in [-0.2, 0) is 4.74 Å². The second kappa shape index (κ2) is 13.6. The Morgan fingerprint density at radius 2 is 1.73 bits per heavy atom. The van der Waals surface area contributed by atoms with Crippen molar-refractivity contribution in [2.45, 2.75) is 51.6 Å². The number of nitriles is 1. The lowest BCUT2D eigenvalue weighted by atomic mass is 9.93. The van der Waals surface area contributed by atoms with Crippen molar-refractivity contribution in [3.05, 3.63) is 65.2 Å². The number of rotatable bonds is 5. The number of hydrogen-bond donors (Lipinski definition) is 1. The molecule has 40 heavy (non-hydrogen) atoms. The summed E-state index contributed by atoms with van der Waals surface area (Å²) in [5.41, 5.74) is 2.03. The third kappa shape index (κ3) is 6.53. The van der Waals surface area contributed by atoms with Gasteiger partial charge in [-0.3, -0.25) is 0 Å². The van der Waals surface area contributed by atoms with E-state index in [0.717, 1.165) is 74.6 Å². The summed E-state index contributed by atoms with van der Waals surface area (Å²) >= 11 is 0. The van der Waals surface area contributed by atoms with Crippen molar-refractivity contribution in [3.63, 3.8) is 0 Å². The molecule has 0 bridgehead atoms. The number of imide groups is 1. The van der Waals surface area contributed by atoms with Gasteiger partial charge in [0.1, 0.15) is 18.7 Å². The summed E-state index contributed by atoms with van der Waals surface area (Å²) < 4.78 is 32.1. The summed E-state index contributed by atoms with van der Waals surface area (Å²) in [6.07, 6.45) is 3.17. The molecule has 3 fully saturated rings. The number of carbonyl (C=O) groups excluding carboxylic acids is 2. The average Bonchev–Trinajstić information content (AvgIpc) is 3.40. The zero-order valence-corrected chi connectivity index (χ0v) is 23.1. The number of nitrogens with one attached hydrogen (secondary N) is 1. The van der Waals surface area contributed by atoms with E-state index < -0.39 is 29.8 Å². The molecule has 1 N–H and O–H groups in total. The number of carbonyl (C=O) groups is 2. The molecule has 3 saturated heterocycles. The molecule has 2 aromatic carbocycles. The quantitative estimate of drug-likeness (QED) is 0.530. The highest BCUT2D eigenvalue weighted by Gasteiger charge is 2.39. The molecule has 0 radical (unpaired) electrons. The van der Waals surface area contributed by atoms with Gasteiger partial charge in [0.05, 0.1) is 11.3 Å². The van der Waals surface area contributed by atoms with Crippen LogP contribution in [0.1, 0.15) is 56.7 Å². The number of cyclic esters (lactones) is 1. The zero-order valence-electron chi connectivity index (χ0n) is 23.1. The monoisotopic (exact) mass is 553 g/mol. The van der Waals surface area contributed by atoms with Gasteiger partial charge in [-0.05, 0) is 74.5 Å². The molecule has 0 unspecified atom stereocenters. The Kier molecular flexibility index (Phi) is 9.93. The Morgan fingerprint density at radius 3 is 2.40 bits per heavy atom. The molecule has 3 aliphatic rings. The van der Waals surface area contributed by atoms with E-state index in [1.165, 1.54) is 6.07 Å². The van der Waals surface area contributed by atoms with E-state index in [1.807, 2.05) is 38.1 Å². The number of hydrogen-bond acceptors (Lipinski definition) is 6. The van der Waals surface area contributed by atoms with Crippen LogP contribution in [0.15, 0.2) is 42.5 Å². The first-order chi connectivity index (χ1) is 19.4. The van der Waals surface area contributed by atoms with E-state index in [9.17, 15) is 23.6 Å². The standard InChI is InChI=1S/C28H31F2N5O3.C2H6/c29-23-6-5-20(15-24(23)30)26-18-38-28(37)35(26)27(36)32-17-19-7-11-33(12-8-19)22-9-13-34(14-10-22)25-4-2-1-3-21(25)16-31;1-2/h1-6,15,19,22,26H,7-14,17-18H2,(H,32,36);1-2H3/t26-;/m1./s1. The molecule has 0 aliphatic carbocycles. The van der Waals surface area contributed by atoms with Crippen LogP contribution in [0.4, 0.5) is 24.1 Å². The van der Waals surface area contributed by atoms with Crippen molar-refractivity contribution in [3.8, 4) is 6.07 Å². The third-order valence-electron chi connectivity index (χ3n) is 7.96. The minimum Gasteiger partial charge on any atom is -0.446 e. The van der Waals surface area contributed by atoms with E-state index in [0.29, 0.717) is 23.7 Å². The first-order valence-corrected chi connectivity index (χ1v) is 14.1. The smallest absolute Gasteiger partial charge is 0.418 e. The average molecular weight is 554 g/mol. The van der Waals surface area contributed by atoms with Crippen LogP contribution in [0, 0.1) is 28.9 Å². The summed E-state index contributed by atoms with van der Waals surface area (Å²) in [6.45, 7) is 8.07. The van der Waals surface area contributed by atoms with E-state index in [2.05, 4.69) is 21.2 Å². The molecule has 8 nitrogen and oxygen atoms in total. The number of likely N-dealkylation sites (tertiary alicyclic amines) is 1. The fraction of sp³-hybridized carbons (Fsp3) is 0.500. The number of para-hydroxylation sites is 1. The molecule has 1 atom stereocenters. The Bertz CT molecular complexity index is 1220. The SMILES string of the molecule is CC.N#Cc1ccccc1N1CCC(N2CCC(CNC(=O)N3C(=O)OC[C@@H]3c3ccc(F)c(F)c3)CC2)CC1. The Morgan fingerprint density at radius 1 is 1.02 bits per heavy atom. The molecule has 10 heteroatoms. The molecule has 0 saturated carbocycles. The van der Waals surface area contributed by atoms with Crippen LogP contribution >= 0.6 is 0 Å². The van der Waals surface area contributed by atoms with Gasteiger partial charge in [-0.25, -0.2) is 23.3 Å². The number of amides is 3. The van der Waals surface area contributed by atoms with Gasteiger partial charge in [-0.15, -0.1) is 0 Å². The van der Waals surface area contributed by atoms with Gasteiger partial charge in [-0.2, -0.15) is 5.26 Å². The number of ether oxygens (including phenoxy) is 1. The van der Waals surface area contributed by atoms with Gasteiger partial charge >= 0.3 is 12.1 Å². The Hall–Kier alpha value is -3.71. The lowest BCUT2D eigenvalue weighted by molar-refractivity contribution is 0.114. The molecule has 0 spiro atoms. The summed E-state index contributed by atoms with van der Waals surface area (Å²) in [7, 11) is 0. The number of nitrogens with zero attached hydrogens (tertiary/aromatic N) is 4. The second-order valence-electron chi connectivity index (χ2n) is 10.1. The molecular formula is C30H37F2N5O3. The predicted octanol–water partition coefficient (Wildman–Crippen LogP) is 5.45. The van der Waals surface area contributed by atoms with Crippen LogP contribution in [0.25, 0.3) is 0 Å². The Labute approximate surface area is 234 Å². The predicted molar refractivity (Wildman–Crippen MR) is 148 cm³/mol. The van der Waals surface area contributed by atoms with Gasteiger partial charge in [0.15, 0.2) is 11.6 Å². The first-order valence-electron chi connectivity index (χ1n) is 14.1. The maximum atomic E-state index is 13.7. The normalized spacial score (nSPS) is 20.4. The summed E-state index contributed by atoms with van der Waals surface area (Å²) in [6, 6.07) is 12.5. The molecule has 2 aromatic rings. The van der Waals surface area contributed by atoms with Crippen LogP contribution in [0.2, 0.25) is 0 Å². The molecule has 5 rings (SSSR count). The van der Waals surface area contributed by atoms with E-state index >= 15 is 0 Å². The number of halogens is 2. The van der Waals surface area contributed by atoms with E-state index in [4.69, 9.17) is 4.74 Å². The summed E-state index contributed by atoms with van der Waals surface area (Å²) in [4.78, 5) is 30.8. The van der Waals surface area contributed by atoms with E-state index in [1.54, 1.807) is 0 Å². The number of piperidine rings is 2. The summed E-state index contributed by atoms with van der Waals surface area (Å²) in [5, 5.41) is 12.3. The third-order valence-corrected chi connectivity index (χ3v) is 7.96. The topological polar surface area (TPSA) is 88.9 Å². The number of urea groups is 1. The number of benzene rings is 2. The van der Waals surface area contributed by atoms with Gasteiger partial charge < -0.3 is 19.9 Å². The van der Waals surface area contributed by atoms with Crippen molar-refractivity contribution in [2.24, 2.45) is 5.92 Å². The molecule has 3 aliphatic heterocycles. The minimum absolute atomic E-state index is 0.101. The van der Waals surface area contributed by atoms with Gasteiger partial charge in [0.2, 0.25) is 0 Å². The number of anilines is 1. The molecular weight excluding hydrogens is 516 g/mol. The Balaban J connectivity index is 0.00000181. The van der Waals surface area contributed by atoms with Crippen molar-refractivity contribution in [1.29, 1.82) is 5.26 Å². The van der Waals surface area contributed by atoms with E-state index in [-0.39, 0.29) is 12.5 Å². The highest BCUT2D eigenvalue weighted by Crippen LogP contribution is 2.30. The van der Waals surface area contributed by atoms with Crippen LogP contribution < -0.4 is 10.2 Å². The maximum absolute atomic E-state index is 13.7. The van der Waals surface area contributed by atoms with Gasteiger partial charge in [-0.1, -0.05) is 32.0 Å². The van der Waals surface area contributed by atoms with Crippen LogP contribution in [0.3, 0.4) is 0 Å². The zero-order chi connectivity index (χ0) is 28.6. The van der Waals surface area contributed by atoms with Crippen molar-refractivity contribution >= 4 is 17.8 Å². The molecule has 0 aromatic heterocycles. The molecule has 3 heterocycles. The molecule has 3 amide bonds. The molecule has 214 valence electrons. The highest BCUT2D eigenvalue weighted by atomic mass is 19.2. The van der Waals surface area contributed by atoms with Gasteiger partial charge in [0, 0.05) is 25.7 Å². The first kappa shape index (κ1) is 29.3. The minimum atomic E-state index is -1.04. The van der Waals surface area contributed by atoms with Crippen LogP contribution in [-0.4, -0.2) is 67.3 Å². The maximum Gasteiger partial charge on any atom is 0.418 e. The van der Waals surface area contributed by atoms with Crippen molar-refractivity contribution in [2.75, 3.05) is 44.2 Å². The fourth-order valence-corrected chi connectivity index (χ4v) is 5.77. The lowest BCUT2D eigenvalue weighted by Crippen LogP contribution is -2.49.